The number of nitrogens with one attached hydrogen (secondary N) is 1. The van der Waals surface area contributed by atoms with Gasteiger partial charge in [-0.3, -0.25) is 4.79 Å². The summed E-state index contributed by atoms with van der Waals surface area (Å²) in [7, 11) is 0. The van der Waals surface area contributed by atoms with E-state index in [9.17, 15) is 4.79 Å². The van der Waals surface area contributed by atoms with Gasteiger partial charge in [-0.25, -0.2) is 0 Å². The SMILES string of the molecule is C[C@@H]1[C@H](C)CCC[C@@H]1NC(=O)CSc1ccccc1Cl. The minimum absolute atomic E-state index is 0.112. The van der Waals surface area contributed by atoms with Crippen molar-refractivity contribution in [3.05, 3.63) is 29.3 Å². The number of hydrogen-bond donors (Lipinski definition) is 1. The highest BCUT2D eigenvalue weighted by atomic mass is 35.5. The Morgan fingerprint density at radius 2 is 2.10 bits per heavy atom. The van der Waals surface area contributed by atoms with Crippen molar-refractivity contribution in [1.29, 1.82) is 0 Å². The standard InChI is InChI=1S/C16H22ClNOS/c1-11-6-5-8-14(12(11)2)18-16(19)10-20-15-9-4-3-7-13(15)17/h3-4,7,9,11-12,14H,5-6,8,10H2,1-2H3,(H,18,19)/t11-,12-,14+/m1/s1. The van der Waals surface area contributed by atoms with Crippen molar-refractivity contribution in [2.45, 2.75) is 44.0 Å². The highest BCUT2D eigenvalue weighted by molar-refractivity contribution is 8.00. The molecule has 2 rings (SSSR count). The zero-order valence-electron chi connectivity index (χ0n) is 12.1. The smallest absolute Gasteiger partial charge is 0.230 e. The van der Waals surface area contributed by atoms with Crippen molar-refractivity contribution in [2.75, 3.05) is 5.75 Å². The van der Waals surface area contributed by atoms with Gasteiger partial charge in [0.05, 0.1) is 10.8 Å². The molecule has 1 aliphatic rings. The average molecular weight is 312 g/mol. The van der Waals surface area contributed by atoms with Crippen LogP contribution in [-0.4, -0.2) is 17.7 Å². The minimum atomic E-state index is 0.112. The maximum absolute atomic E-state index is 12.1. The molecule has 0 aromatic heterocycles. The molecule has 1 N–H and O–H groups in total. The number of benzene rings is 1. The van der Waals surface area contributed by atoms with Crippen LogP contribution in [0.5, 0.6) is 0 Å². The Balaban J connectivity index is 1.82. The van der Waals surface area contributed by atoms with Gasteiger partial charge in [-0.1, -0.05) is 50.4 Å². The van der Waals surface area contributed by atoms with Crippen molar-refractivity contribution < 1.29 is 4.79 Å². The van der Waals surface area contributed by atoms with E-state index in [4.69, 9.17) is 11.6 Å². The third-order valence-electron chi connectivity index (χ3n) is 4.25. The van der Waals surface area contributed by atoms with Crippen molar-refractivity contribution >= 4 is 29.3 Å². The molecule has 0 spiro atoms. The van der Waals surface area contributed by atoms with Gasteiger partial charge < -0.3 is 5.32 Å². The molecule has 20 heavy (non-hydrogen) atoms. The number of carbonyl (C=O) groups is 1. The fourth-order valence-corrected chi connectivity index (χ4v) is 3.79. The molecule has 0 heterocycles. The predicted octanol–water partition coefficient (Wildman–Crippen LogP) is 4.37. The fraction of sp³-hybridized carbons (Fsp3) is 0.562. The van der Waals surface area contributed by atoms with Crippen LogP contribution in [0.3, 0.4) is 0 Å². The largest absolute Gasteiger partial charge is 0.352 e. The zero-order valence-corrected chi connectivity index (χ0v) is 13.6. The van der Waals surface area contributed by atoms with Gasteiger partial charge >= 0.3 is 0 Å². The summed E-state index contributed by atoms with van der Waals surface area (Å²) in [5.74, 6) is 1.81. The number of hydrogen-bond acceptors (Lipinski definition) is 2. The quantitative estimate of drug-likeness (QED) is 0.836. The van der Waals surface area contributed by atoms with Gasteiger partial charge in [0.1, 0.15) is 0 Å². The van der Waals surface area contributed by atoms with E-state index in [1.54, 1.807) is 0 Å². The molecular formula is C16H22ClNOS. The zero-order chi connectivity index (χ0) is 14.5. The fourth-order valence-electron chi connectivity index (χ4n) is 2.74. The third-order valence-corrected chi connectivity index (χ3v) is 5.76. The van der Waals surface area contributed by atoms with Gasteiger partial charge in [-0.2, -0.15) is 0 Å². The van der Waals surface area contributed by atoms with E-state index >= 15 is 0 Å². The van der Waals surface area contributed by atoms with Crippen LogP contribution >= 0.6 is 23.4 Å². The Morgan fingerprint density at radius 3 is 2.85 bits per heavy atom. The van der Waals surface area contributed by atoms with Crippen LogP contribution in [0.4, 0.5) is 0 Å². The van der Waals surface area contributed by atoms with Crippen molar-refractivity contribution in [3.63, 3.8) is 0 Å². The highest BCUT2D eigenvalue weighted by Crippen LogP contribution is 2.30. The Kier molecular flexibility index (Phi) is 5.79. The van der Waals surface area contributed by atoms with Crippen LogP contribution in [0.25, 0.3) is 0 Å². The molecule has 1 aliphatic carbocycles. The summed E-state index contributed by atoms with van der Waals surface area (Å²) >= 11 is 7.59. The average Bonchev–Trinajstić information content (AvgIpc) is 2.43. The van der Waals surface area contributed by atoms with Crippen LogP contribution in [0.2, 0.25) is 5.02 Å². The van der Waals surface area contributed by atoms with Crippen LogP contribution in [0.1, 0.15) is 33.1 Å². The lowest BCUT2D eigenvalue weighted by molar-refractivity contribution is -0.119. The molecule has 1 fully saturated rings. The lowest BCUT2D eigenvalue weighted by Gasteiger charge is -2.34. The maximum atomic E-state index is 12.1. The summed E-state index contributed by atoms with van der Waals surface area (Å²) in [6, 6.07) is 7.98. The topological polar surface area (TPSA) is 29.1 Å². The van der Waals surface area contributed by atoms with E-state index < -0.39 is 0 Å². The van der Waals surface area contributed by atoms with Gasteiger partial charge in [0.15, 0.2) is 0 Å². The molecule has 1 aromatic carbocycles. The summed E-state index contributed by atoms with van der Waals surface area (Å²) in [4.78, 5) is 13.0. The van der Waals surface area contributed by atoms with E-state index in [1.807, 2.05) is 24.3 Å². The van der Waals surface area contributed by atoms with Gasteiger partial charge in [0, 0.05) is 10.9 Å². The summed E-state index contributed by atoms with van der Waals surface area (Å²) in [6.45, 7) is 4.53. The highest BCUT2D eigenvalue weighted by Gasteiger charge is 2.27. The van der Waals surface area contributed by atoms with E-state index in [-0.39, 0.29) is 5.91 Å². The number of carbonyl (C=O) groups excluding carboxylic acids is 1. The van der Waals surface area contributed by atoms with Gasteiger partial charge in [0.2, 0.25) is 5.91 Å². The van der Waals surface area contributed by atoms with Crippen LogP contribution < -0.4 is 5.32 Å². The van der Waals surface area contributed by atoms with Gasteiger partial charge in [-0.15, -0.1) is 11.8 Å². The molecular weight excluding hydrogens is 290 g/mol. The van der Waals surface area contributed by atoms with E-state index in [0.29, 0.717) is 28.7 Å². The first-order valence-electron chi connectivity index (χ1n) is 7.24. The Labute approximate surface area is 130 Å². The maximum Gasteiger partial charge on any atom is 0.230 e. The molecule has 1 saturated carbocycles. The van der Waals surface area contributed by atoms with Crippen LogP contribution in [0.15, 0.2) is 29.2 Å². The van der Waals surface area contributed by atoms with Crippen LogP contribution in [-0.2, 0) is 4.79 Å². The summed E-state index contributed by atoms with van der Waals surface area (Å²) in [6.07, 6.45) is 3.60. The first-order chi connectivity index (χ1) is 9.58. The normalized spacial score (nSPS) is 26.2. The molecule has 1 aromatic rings. The number of rotatable bonds is 4. The Morgan fingerprint density at radius 1 is 1.35 bits per heavy atom. The third kappa shape index (κ3) is 4.16. The van der Waals surface area contributed by atoms with Gasteiger partial charge in [0.25, 0.3) is 0 Å². The monoisotopic (exact) mass is 311 g/mol. The molecule has 110 valence electrons. The van der Waals surface area contributed by atoms with E-state index in [2.05, 4.69) is 19.2 Å². The van der Waals surface area contributed by atoms with Gasteiger partial charge in [-0.05, 0) is 30.4 Å². The summed E-state index contributed by atoms with van der Waals surface area (Å²) in [5, 5.41) is 3.90. The molecule has 0 unspecified atom stereocenters. The van der Waals surface area contributed by atoms with Crippen molar-refractivity contribution in [2.24, 2.45) is 11.8 Å². The molecule has 4 heteroatoms. The predicted molar refractivity (Wildman–Crippen MR) is 86.3 cm³/mol. The molecule has 1 amide bonds. The Bertz CT molecular complexity index is 466. The summed E-state index contributed by atoms with van der Waals surface area (Å²) < 4.78 is 0. The number of halogens is 1. The molecule has 3 atom stereocenters. The lowest BCUT2D eigenvalue weighted by atomic mass is 9.78. The number of amides is 1. The second-order valence-corrected chi connectivity index (χ2v) is 7.08. The summed E-state index contributed by atoms with van der Waals surface area (Å²) in [5.41, 5.74) is 0. The molecule has 0 aliphatic heterocycles. The first-order valence-corrected chi connectivity index (χ1v) is 8.61. The Hall–Kier alpha value is -0.670. The molecule has 0 saturated heterocycles. The van der Waals surface area contributed by atoms with Crippen molar-refractivity contribution in [1.82, 2.24) is 5.32 Å². The molecule has 0 radical (unpaired) electrons. The van der Waals surface area contributed by atoms with E-state index in [0.717, 1.165) is 11.3 Å². The second-order valence-electron chi connectivity index (χ2n) is 5.66. The lowest BCUT2D eigenvalue weighted by Crippen LogP contribution is -2.44. The molecule has 0 bridgehead atoms. The number of thioether (sulfide) groups is 1. The minimum Gasteiger partial charge on any atom is -0.352 e. The molecule has 2 nitrogen and oxygen atoms in total. The second kappa shape index (κ2) is 7.37. The van der Waals surface area contributed by atoms with Crippen molar-refractivity contribution in [3.8, 4) is 0 Å². The first kappa shape index (κ1) is 15.7. The van der Waals surface area contributed by atoms with E-state index in [1.165, 1.54) is 24.6 Å². The van der Waals surface area contributed by atoms with Crippen LogP contribution in [0, 0.1) is 11.8 Å².